The monoisotopic (exact) mass is 684 g/mol. The molecule has 0 spiro atoms. The lowest BCUT2D eigenvalue weighted by Gasteiger charge is -2.49. The molecule has 0 bridgehead atoms. The van der Waals surface area contributed by atoms with Gasteiger partial charge in [-0.3, -0.25) is 0 Å². The lowest BCUT2D eigenvalue weighted by Crippen LogP contribution is -2.66. The Morgan fingerprint density at radius 3 is 1.64 bits per heavy atom. The zero-order valence-corrected chi connectivity index (χ0v) is 27.9. The second kappa shape index (κ2) is 16.7. The highest BCUT2D eigenvalue weighted by atomic mass is 16.8. The fraction of sp³-hybridized carbons (Fsp3) is 0.400. The molecule has 10 heteroatoms. The minimum absolute atomic E-state index is 0.126. The van der Waals surface area contributed by atoms with Crippen LogP contribution < -0.4 is 0 Å². The van der Waals surface area contributed by atoms with E-state index in [4.69, 9.17) is 37.9 Å². The van der Waals surface area contributed by atoms with Gasteiger partial charge >= 0.3 is 0 Å². The van der Waals surface area contributed by atoms with Gasteiger partial charge in [-0.2, -0.15) is 0 Å². The Labute approximate surface area is 292 Å². The van der Waals surface area contributed by atoms with Gasteiger partial charge in [0, 0.05) is 5.56 Å². The van der Waals surface area contributed by atoms with Crippen molar-refractivity contribution in [2.45, 2.75) is 94.4 Å². The SMILES string of the molecule is C[C@H]1O[C@H](O[C@H]2C(O)O[C@@H]3COC(c4ccccc4)O[C@H]3[C@@H]2O)[C@H](OCc2ccccc2)[C@@H](OCc2ccccc2)[C@@H]1OCc1ccccc1. The molecule has 264 valence electrons. The first kappa shape index (κ1) is 34.9. The first-order chi connectivity index (χ1) is 24.5. The molecule has 3 fully saturated rings. The molecule has 4 aromatic carbocycles. The lowest BCUT2D eigenvalue weighted by atomic mass is 9.96. The first-order valence-electron chi connectivity index (χ1n) is 17.1. The second-order valence-electron chi connectivity index (χ2n) is 12.8. The highest BCUT2D eigenvalue weighted by Crippen LogP contribution is 2.37. The summed E-state index contributed by atoms with van der Waals surface area (Å²) in [6.45, 7) is 2.87. The molecular weight excluding hydrogens is 640 g/mol. The highest BCUT2D eigenvalue weighted by molar-refractivity contribution is 5.18. The van der Waals surface area contributed by atoms with Crippen LogP contribution in [-0.4, -0.2) is 78.2 Å². The van der Waals surface area contributed by atoms with E-state index in [0.29, 0.717) is 6.61 Å². The fourth-order valence-corrected chi connectivity index (χ4v) is 6.64. The summed E-state index contributed by atoms with van der Waals surface area (Å²) >= 11 is 0. The molecule has 0 aromatic heterocycles. The maximum atomic E-state index is 11.7. The Morgan fingerprint density at radius 2 is 1.08 bits per heavy atom. The molecule has 4 aromatic rings. The summed E-state index contributed by atoms with van der Waals surface area (Å²) < 4.78 is 50.7. The van der Waals surface area contributed by atoms with Gasteiger partial charge in [0.15, 0.2) is 18.9 Å². The molecule has 2 N–H and O–H groups in total. The van der Waals surface area contributed by atoms with Gasteiger partial charge in [0.05, 0.1) is 32.5 Å². The van der Waals surface area contributed by atoms with E-state index in [2.05, 4.69) is 0 Å². The summed E-state index contributed by atoms with van der Waals surface area (Å²) in [5, 5.41) is 22.8. The molecule has 0 saturated carbocycles. The van der Waals surface area contributed by atoms with E-state index in [9.17, 15) is 10.2 Å². The predicted molar refractivity (Wildman–Crippen MR) is 181 cm³/mol. The Morgan fingerprint density at radius 1 is 0.580 bits per heavy atom. The Kier molecular flexibility index (Phi) is 11.6. The number of hydrogen-bond acceptors (Lipinski definition) is 10. The van der Waals surface area contributed by atoms with Crippen LogP contribution in [0.1, 0.15) is 35.5 Å². The van der Waals surface area contributed by atoms with Gasteiger partial charge < -0.3 is 48.1 Å². The summed E-state index contributed by atoms with van der Waals surface area (Å²) in [7, 11) is 0. The van der Waals surface area contributed by atoms with Crippen LogP contribution in [0.15, 0.2) is 121 Å². The molecule has 50 heavy (non-hydrogen) atoms. The lowest BCUT2D eigenvalue weighted by molar-refractivity contribution is -0.391. The average molecular weight is 685 g/mol. The molecule has 0 amide bonds. The number of aliphatic hydroxyl groups is 2. The second-order valence-corrected chi connectivity index (χ2v) is 12.8. The van der Waals surface area contributed by atoms with Crippen LogP contribution in [-0.2, 0) is 57.7 Å². The van der Waals surface area contributed by atoms with Gasteiger partial charge in [-0.05, 0) is 23.6 Å². The van der Waals surface area contributed by atoms with E-state index in [1.807, 2.05) is 128 Å². The summed E-state index contributed by atoms with van der Waals surface area (Å²) in [4.78, 5) is 0. The van der Waals surface area contributed by atoms with Crippen LogP contribution in [0.4, 0.5) is 0 Å². The Bertz CT molecular complexity index is 1580. The summed E-state index contributed by atoms with van der Waals surface area (Å²) in [6, 6.07) is 39.0. The van der Waals surface area contributed by atoms with Gasteiger partial charge in [0.1, 0.15) is 42.7 Å². The van der Waals surface area contributed by atoms with Crippen molar-refractivity contribution < 1.29 is 48.1 Å². The molecule has 3 heterocycles. The topological polar surface area (TPSA) is 114 Å². The zero-order chi connectivity index (χ0) is 34.3. The fourth-order valence-electron chi connectivity index (χ4n) is 6.64. The normalized spacial score (nSPS) is 32.7. The number of fused-ring (bicyclic) bond motifs is 1. The van der Waals surface area contributed by atoms with Gasteiger partial charge in [-0.1, -0.05) is 121 Å². The summed E-state index contributed by atoms with van der Waals surface area (Å²) in [5.74, 6) is 0. The van der Waals surface area contributed by atoms with Crippen molar-refractivity contribution in [2.75, 3.05) is 6.61 Å². The first-order valence-corrected chi connectivity index (χ1v) is 17.1. The van der Waals surface area contributed by atoms with E-state index < -0.39 is 67.7 Å². The molecule has 0 radical (unpaired) electrons. The summed E-state index contributed by atoms with van der Waals surface area (Å²) in [5.41, 5.74) is 3.74. The molecule has 3 saturated heterocycles. The van der Waals surface area contributed by atoms with Gasteiger partial charge in [0.25, 0.3) is 0 Å². The van der Waals surface area contributed by atoms with Crippen molar-refractivity contribution in [1.82, 2.24) is 0 Å². The van der Waals surface area contributed by atoms with Gasteiger partial charge in [-0.25, -0.2) is 0 Å². The Hall–Kier alpha value is -3.52. The minimum Gasteiger partial charge on any atom is -0.387 e. The molecule has 7 rings (SSSR count). The highest BCUT2D eigenvalue weighted by Gasteiger charge is 2.54. The number of rotatable bonds is 12. The van der Waals surface area contributed by atoms with Crippen molar-refractivity contribution in [1.29, 1.82) is 0 Å². The molecule has 3 aliphatic rings. The number of hydrogen-bond donors (Lipinski definition) is 2. The Balaban J connectivity index is 1.14. The van der Waals surface area contributed by atoms with Gasteiger partial charge in [0.2, 0.25) is 0 Å². The molecule has 2 unspecified atom stereocenters. The van der Waals surface area contributed by atoms with E-state index in [1.54, 1.807) is 0 Å². The van der Waals surface area contributed by atoms with E-state index in [-0.39, 0.29) is 19.8 Å². The van der Waals surface area contributed by atoms with Crippen molar-refractivity contribution >= 4 is 0 Å². The molecule has 0 aliphatic carbocycles. The average Bonchev–Trinajstić information content (AvgIpc) is 3.16. The maximum Gasteiger partial charge on any atom is 0.187 e. The largest absolute Gasteiger partial charge is 0.387 e. The van der Waals surface area contributed by atoms with E-state index in [1.165, 1.54) is 0 Å². The maximum absolute atomic E-state index is 11.7. The number of aliphatic hydroxyl groups excluding tert-OH is 2. The number of ether oxygens (including phenoxy) is 8. The van der Waals surface area contributed by atoms with Crippen LogP contribution in [0.25, 0.3) is 0 Å². The van der Waals surface area contributed by atoms with Crippen molar-refractivity contribution in [3.05, 3.63) is 144 Å². The van der Waals surface area contributed by atoms with Gasteiger partial charge in [-0.15, -0.1) is 0 Å². The van der Waals surface area contributed by atoms with Crippen molar-refractivity contribution in [3.8, 4) is 0 Å². The third-order valence-corrected chi connectivity index (χ3v) is 9.27. The van der Waals surface area contributed by atoms with Crippen LogP contribution in [0.2, 0.25) is 0 Å². The van der Waals surface area contributed by atoms with Crippen LogP contribution >= 0.6 is 0 Å². The van der Waals surface area contributed by atoms with Crippen LogP contribution in [0.3, 0.4) is 0 Å². The third kappa shape index (κ3) is 8.33. The molecule has 11 atom stereocenters. The van der Waals surface area contributed by atoms with Crippen LogP contribution in [0.5, 0.6) is 0 Å². The van der Waals surface area contributed by atoms with E-state index >= 15 is 0 Å². The van der Waals surface area contributed by atoms with E-state index in [0.717, 1.165) is 22.3 Å². The zero-order valence-electron chi connectivity index (χ0n) is 27.9. The number of benzene rings is 4. The summed E-state index contributed by atoms with van der Waals surface area (Å²) in [6.07, 6.45) is -9.88. The minimum atomic E-state index is -1.49. The molecule has 3 aliphatic heterocycles. The van der Waals surface area contributed by atoms with Crippen molar-refractivity contribution in [3.63, 3.8) is 0 Å². The standard InChI is InChI=1S/C40H44O10/c1-26-33(43-22-27-14-6-2-7-15-27)36(44-23-28-16-8-3-9-17-28)37(45-24-29-18-10-4-11-19-29)40(47-26)50-35-32(41)34-31(48-38(35)42)25-46-39(49-34)30-20-12-5-13-21-30/h2-21,26,31-42H,22-25H2,1H3/t26-,31-,32+,33-,34-,35-,36+,37-,38?,39?,40-/m1/s1. The molecule has 10 nitrogen and oxygen atoms in total. The molecular formula is C40H44O10. The smallest absolute Gasteiger partial charge is 0.187 e. The predicted octanol–water partition coefficient (Wildman–Crippen LogP) is 5.06. The van der Waals surface area contributed by atoms with Crippen LogP contribution in [0, 0.1) is 0 Å². The quantitative estimate of drug-likeness (QED) is 0.210. The van der Waals surface area contributed by atoms with Crippen molar-refractivity contribution in [2.24, 2.45) is 0 Å². The third-order valence-electron chi connectivity index (χ3n) is 9.27.